The molecule has 0 bridgehead atoms. The predicted octanol–water partition coefficient (Wildman–Crippen LogP) is -0.258. The van der Waals surface area contributed by atoms with E-state index in [-0.39, 0.29) is 29.6 Å². The van der Waals surface area contributed by atoms with Crippen LogP contribution in [0.25, 0.3) is 11.4 Å². The Hall–Kier alpha value is -1.88. The maximum Gasteiger partial charge on any atom is 0.181 e. The minimum atomic E-state index is -3.00. The third kappa shape index (κ3) is 2.81. The first kappa shape index (κ1) is 15.6. The molecule has 10 heteroatoms. The average molecular weight is 349 g/mol. The van der Waals surface area contributed by atoms with Gasteiger partial charge in [-0.15, -0.1) is 0 Å². The van der Waals surface area contributed by atoms with Gasteiger partial charge in [0.25, 0.3) is 0 Å². The predicted molar refractivity (Wildman–Crippen MR) is 87.2 cm³/mol. The van der Waals surface area contributed by atoms with Crippen LogP contribution >= 0.6 is 0 Å². The molecule has 24 heavy (non-hydrogen) atoms. The molecular formula is C14H19N7O2S. The van der Waals surface area contributed by atoms with Crippen LogP contribution in [-0.2, 0) is 9.84 Å². The first-order valence-electron chi connectivity index (χ1n) is 7.87. The second kappa shape index (κ2) is 5.88. The molecule has 4 rings (SSSR count). The number of hydrazine groups is 2. The van der Waals surface area contributed by atoms with Gasteiger partial charge in [-0.05, 0) is 25.5 Å². The van der Waals surface area contributed by atoms with E-state index in [1.807, 2.05) is 19.1 Å². The van der Waals surface area contributed by atoms with Crippen LogP contribution in [0, 0.1) is 0 Å². The molecule has 2 aromatic rings. The molecular weight excluding hydrogens is 330 g/mol. The number of nitrogens with one attached hydrogen (secondary N) is 3. The standard InChI is InChI=1S/C14H19N7O2S/c1-9-12(18-20-17-9)14-16-13(10-2-5-15-6-3-10)19-21(14)11-4-7-24(22,23)8-11/h2-3,5-6,9,11-12,17-18,20H,4,7-8H2,1H3. The van der Waals surface area contributed by atoms with Gasteiger partial charge in [0.15, 0.2) is 15.7 Å². The Balaban J connectivity index is 1.77. The molecule has 2 aromatic heterocycles. The van der Waals surface area contributed by atoms with Crippen molar-refractivity contribution in [2.45, 2.75) is 31.5 Å². The van der Waals surface area contributed by atoms with Gasteiger partial charge in [-0.2, -0.15) is 10.6 Å². The zero-order chi connectivity index (χ0) is 16.7. The normalized spacial score (nSPS) is 29.1. The van der Waals surface area contributed by atoms with E-state index in [1.165, 1.54) is 0 Å². The Morgan fingerprint density at radius 1 is 1.25 bits per heavy atom. The Bertz CT molecular complexity index is 836. The number of hydrogen-bond acceptors (Lipinski definition) is 8. The molecule has 0 aromatic carbocycles. The minimum absolute atomic E-state index is 0.0938. The largest absolute Gasteiger partial charge is 0.265 e. The first-order chi connectivity index (χ1) is 11.5. The van der Waals surface area contributed by atoms with Crippen molar-refractivity contribution in [2.75, 3.05) is 11.5 Å². The van der Waals surface area contributed by atoms with Gasteiger partial charge in [-0.1, -0.05) is 0 Å². The SMILES string of the molecule is CC1NNNC1c1nc(-c2ccncc2)nn1C1CCS(=O)(=O)C1. The van der Waals surface area contributed by atoms with Gasteiger partial charge in [0.1, 0.15) is 5.82 Å². The summed E-state index contributed by atoms with van der Waals surface area (Å²) in [5.41, 5.74) is 9.96. The summed E-state index contributed by atoms with van der Waals surface area (Å²) in [4.78, 5) is 8.70. The molecule has 4 heterocycles. The second-order valence-electron chi connectivity index (χ2n) is 6.21. The fraction of sp³-hybridized carbons (Fsp3) is 0.500. The third-order valence-electron chi connectivity index (χ3n) is 4.46. The number of nitrogens with zero attached hydrogens (tertiary/aromatic N) is 4. The highest BCUT2D eigenvalue weighted by Crippen LogP contribution is 2.29. The highest BCUT2D eigenvalue weighted by Gasteiger charge is 2.36. The summed E-state index contributed by atoms with van der Waals surface area (Å²) in [6.45, 7) is 2.02. The topological polar surface area (TPSA) is 114 Å². The van der Waals surface area contributed by atoms with Gasteiger partial charge in [-0.25, -0.2) is 28.9 Å². The lowest BCUT2D eigenvalue weighted by Crippen LogP contribution is -2.32. The van der Waals surface area contributed by atoms with Crippen LogP contribution in [0.2, 0.25) is 0 Å². The van der Waals surface area contributed by atoms with Crippen molar-refractivity contribution < 1.29 is 8.42 Å². The van der Waals surface area contributed by atoms with Crippen LogP contribution in [0.3, 0.4) is 0 Å². The molecule has 0 radical (unpaired) electrons. The molecule has 0 spiro atoms. The molecule has 2 fully saturated rings. The van der Waals surface area contributed by atoms with Crippen LogP contribution in [0.4, 0.5) is 0 Å². The first-order valence-corrected chi connectivity index (χ1v) is 9.69. The maximum absolute atomic E-state index is 11.9. The van der Waals surface area contributed by atoms with Gasteiger partial charge in [0.05, 0.1) is 23.6 Å². The highest BCUT2D eigenvalue weighted by atomic mass is 32.2. The van der Waals surface area contributed by atoms with E-state index in [4.69, 9.17) is 4.98 Å². The Labute approximate surface area is 139 Å². The van der Waals surface area contributed by atoms with Gasteiger partial charge in [-0.3, -0.25) is 4.98 Å². The van der Waals surface area contributed by atoms with Crippen LogP contribution in [0.1, 0.15) is 31.3 Å². The van der Waals surface area contributed by atoms with Gasteiger partial charge in [0, 0.05) is 24.0 Å². The van der Waals surface area contributed by atoms with Crippen LogP contribution < -0.4 is 16.4 Å². The highest BCUT2D eigenvalue weighted by molar-refractivity contribution is 7.91. The zero-order valence-corrected chi connectivity index (χ0v) is 14.0. The van der Waals surface area contributed by atoms with E-state index in [0.29, 0.717) is 12.2 Å². The minimum Gasteiger partial charge on any atom is -0.265 e. The molecule has 0 saturated carbocycles. The van der Waals surface area contributed by atoms with E-state index < -0.39 is 9.84 Å². The molecule has 3 unspecified atom stereocenters. The van der Waals surface area contributed by atoms with Crippen molar-refractivity contribution in [1.82, 2.24) is 36.1 Å². The summed E-state index contributed by atoms with van der Waals surface area (Å²) in [5.74, 6) is 1.62. The quantitative estimate of drug-likeness (QED) is 0.695. The fourth-order valence-corrected chi connectivity index (χ4v) is 4.83. The number of hydrogen-bond donors (Lipinski definition) is 3. The lowest BCUT2D eigenvalue weighted by atomic mass is 10.1. The van der Waals surface area contributed by atoms with E-state index >= 15 is 0 Å². The van der Waals surface area contributed by atoms with Crippen molar-refractivity contribution in [2.24, 2.45) is 0 Å². The number of pyridine rings is 1. The summed E-state index contributed by atoms with van der Waals surface area (Å²) in [6.07, 6.45) is 3.95. The van der Waals surface area contributed by atoms with E-state index in [0.717, 1.165) is 11.4 Å². The molecule has 9 nitrogen and oxygen atoms in total. The third-order valence-corrected chi connectivity index (χ3v) is 6.21. The lowest BCUT2D eigenvalue weighted by Gasteiger charge is -2.17. The monoisotopic (exact) mass is 349 g/mol. The Morgan fingerprint density at radius 2 is 2.04 bits per heavy atom. The summed E-state index contributed by atoms with van der Waals surface area (Å²) < 4.78 is 25.5. The average Bonchev–Trinajstić information content (AvgIpc) is 3.26. The van der Waals surface area contributed by atoms with Crippen molar-refractivity contribution in [1.29, 1.82) is 0 Å². The Morgan fingerprint density at radius 3 is 2.67 bits per heavy atom. The van der Waals surface area contributed by atoms with E-state index in [1.54, 1.807) is 17.1 Å². The maximum atomic E-state index is 11.9. The van der Waals surface area contributed by atoms with Gasteiger partial charge >= 0.3 is 0 Å². The summed E-state index contributed by atoms with van der Waals surface area (Å²) in [6, 6.07) is 3.50. The molecule has 3 atom stereocenters. The molecule has 2 aliphatic heterocycles. The van der Waals surface area contributed by atoms with E-state index in [9.17, 15) is 8.42 Å². The van der Waals surface area contributed by atoms with E-state index in [2.05, 4.69) is 26.5 Å². The van der Waals surface area contributed by atoms with Crippen molar-refractivity contribution >= 4 is 9.84 Å². The Kier molecular flexibility index (Phi) is 3.83. The van der Waals surface area contributed by atoms with Crippen LogP contribution in [0.15, 0.2) is 24.5 Å². The second-order valence-corrected chi connectivity index (χ2v) is 8.44. The fourth-order valence-electron chi connectivity index (χ4n) is 3.14. The van der Waals surface area contributed by atoms with Crippen molar-refractivity contribution in [3.63, 3.8) is 0 Å². The van der Waals surface area contributed by atoms with Crippen molar-refractivity contribution in [3.05, 3.63) is 30.4 Å². The molecule has 128 valence electrons. The summed E-state index contributed by atoms with van der Waals surface area (Å²) >= 11 is 0. The zero-order valence-electron chi connectivity index (χ0n) is 13.2. The van der Waals surface area contributed by atoms with Crippen molar-refractivity contribution in [3.8, 4) is 11.4 Å². The van der Waals surface area contributed by atoms with Gasteiger partial charge in [0.2, 0.25) is 0 Å². The number of aromatic nitrogens is 4. The lowest BCUT2D eigenvalue weighted by molar-refractivity contribution is 0.428. The molecule has 2 saturated heterocycles. The number of sulfone groups is 1. The summed E-state index contributed by atoms with van der Waals surface area (Å²) in [7, 11) is -3.00. The molecule has 0 amide bonds. The van der Waals surface area contributed by atoms with Crippen LogP contribution in [-0.4, -0.2) is 45.7 Å². The van der Waals surface area contributed by atoms with Gasteiger partial charge < -0.3 is 0 Å². The molecule has 3 N–H and O–H groups in total. The molecule has 2 aliphatic rings. The summed E-state index contributed by atoms with van der Waals surface area (Å²) in [5, 5.41) is 4.62. The number of rotatable bonds is 3. The smallest absolute Gasteiger partial charge is 0.181 e. The van der Waals surface area contributed by atoms with Crippen LogP contribution in [0.5, 0.6) is 0 Å². The molecule has 0 aliphatic carbocycles.